The molecule has 0 heterocycles. The zero-order valence-electron chi connectivity index (χ0n) is 7.09. The first-order valence-electron chi connectivity index (χ1n) is 3.80. The highest BCUT2D eigenvalue weighted by atomic mass is 16.3. The lowest BCUT2D eigenvalue weighted by atomic mass is 10.4. The van der Waals surface area contributed by atoms with Crippen LogP contribution in [0.1, 0.15) is 13.8 Å². The Balaban J connectivity index is 3.27. The van der Waals surface area contributed by atoms with Gasteiger partial charge in [-0.25, -0.2) is 0 Å². The molecule has 1 unspecified atom stereocenters. The molecule has 1 atom stereocenters. The summed E-state index contributed by atoms with van der Waals surface area (Å²) in [6, 6.07) is 0. The molecular weight excluding hydrogens is 128 g/mol. The molecule has 0 saturated carbocycles. The van der Waals surface area contributed by atoms with Crippen molar-refractivity contribution in [3.8, 4) is 0 Å². The van der Waals surface area contributed by atoms with Crippen molar-refractivity contribution >= 4 is 0 Å². The molecule has 0 rings (SSSR count). The number of nitrogens with one attached hydrogen (secondary N) is 1. The van der Waals surface area contributed by atoms with Crippen LogP contribution in [0, 0.1) is 0 Å². The van der Waals surface area contributed by atoms with Gasteiger partial charge in [-0.1, -0.05) is 13.8 Å². The number of likely N-dealkylation sites (N-methyl/N-ethyl adjacent to an activating group) is 2. The molecular formula is C7H18N2O. The van der Waals surface area contributed by atoms with E-state index in [0.717, 1.165) is 13.1 Å². The zero-order valence-corrected chi connectivity index (χ0v) is 7.09. The van der Waals surface area contributed by atoms with E-state index in [1.165, 1.54) is 0 Å². The molecule has 0 fully saturated rings. The molecule has 0 aromatic carbocycles. The predicted octanol–water partition coefficient (Wildman–Crippen LogP) is -0.134. The third kappa shape index (κ3) is 4.73. The maximum absolute atomic E-state index is 9.20. The van der Waals surface area contributed by atoms with Gasteiger partial charge < -0.3 is 10.0 Å². The van der Waals surface area contributed by atoms with E-state index in [1.54, 1.807) is 0 Å². The maximum Gasteiger partial charge on any atom is 0.117 e. The van der Waals surface area contributed by atoms with Crippen LogP contribution in [0.15, 0.2) is 0 Å². The molecule has 0 aliphatic carbocycles. The van der Waals surface area contributed by atoms with E-state index in [2.05, 4.69) is 17.1 Å². The van der Waals surface area contributed by atoms with Crippen molar-refractivity contribution in [2.45, 2.75) is 20.1 Å². The van der Waals surface area contributed by atoms with Gasteiger partial charge in [-0.15, -0.1) is 0 Å². The minimum Gasteiger partial charge on any atom is -0.377 e. The minimum atomic E-state index is -0.380. The van der Waals surface area contributed by atoms with Gasteiger partial charge in [0, 0.05) is 6.54 Å². The van der Waals surface area contributed by atoms with Gasteiger partial charge in [0.05, 0.1) is 0 Å². The molecule has 0 aliphatic heterocycles. The third-order valence-corrected chi connectivity index (χ3v) is 1.46. The summed E-state index contributed by atoms with van der Waals surface area (Å²) in [5, 5.41) is 12.1. The second-order valence-corrected chi connectivity index (χ2v) is 2.43. The van der Waals surface area contributed by atoms with Crippen molar-refractivity contribution < 1.29 is 5.11 Å². The van der Waals surface area contributed by atoms with Crippen molar-refractivity contribution in [1.82, 2.24) is 10.2 Å². The molecule has 0 bridgehead atoms. The Labute approximate surface area is 63.0 Å². The standard InChI is InChI=1S/C7H18N2O/c1-4-8-7(10)6-9(3)5-2/h7-8,10H,4-6H2,1-3H3. The first-order valence-corrected chi connectivity index (χ1v) is 3.80. The number of aliphatic hydroxyl groups excluding tert-OH is 1. The predicted molar refractivity (Wildman–Crippen MR) is 42.9 cm³/mol. The smallest absolute Gasteiger partial charge is 0.117 e. The Morgan fingerprint density at radius 2 is 2.10 bits per heavy atom. The number of aliphatic hydroxyl groups is 1. The van der Waals surface area contributed by atoms with E-state index >= 15 is 0 Å². The monoisotopic (exact) mass is 146 g/mol. The van der Waals surface area contributed by atoms with Gasteiger partial charge in [0.25, 0.3) is 0 Å². The summed E-state index contributed by atoms with van der Waals surface area (Å²) < 4.78 is 0. The van der Waals surface area contributed by atoms with Gasteiger partial charge >= 0.3 is 0 Å². The molecule has 2 N–H and O–H groups in total. The fraction of sp³-hybridized carbons (Fsp3) is 1.00. The Morgan fingerprint density at radius 3 is 2.50 bits per heavy atom. The second kappa shape index (κ2) is 5.65. The van der Waals surface area contributed by atoms with Crippen molar-refractivity contribution in [2.24, 2.45) is 0 Å². The number of hydrogen-bond donors (Lipinski definition) is 2. The lowest BCUT2D eigenvalue weighted by molar-refractivity contribution is 0.0995. The lowest BCUT2D eigenvalue weighted by Gasteiger charge is -2.18. The molecule has 0 saturated heterocycles. The van der Waals surface area contributed by atoms with Gasteiger partial charge in [-0.2, -0.15) is 0 Å². The molecule has 0 aromatic rings. The number of nitrogens with zero attached hydrogens (tertiary/aromatic N) is 1. The maximum atomic E-state index is 9.20. The first kappa shape index (κ1) is 9.88. The van der Waals surface area contributed by atoms with Crippen LogP contribution in [-0.4, -0.2) is 42.9 Å². The van der Waals surface area contributed by atoms with Gasteiger partial charge in [-0.05, 0) is 20.1 Å². The van der Waals surface area contributed by atoms with Crippen molar-refractivity contribution in [2.75, 3.05) is 26.7 Å². The largest absolute Gasteiger partial charge is 0.377 e. The molecule has 3 heteroatoms. The molecule has 0 aliphatic rings. The molecule has 0 spiro atoms. The fourth-order valence-corrected chi connectivity index (χ4v) is 0.724. The van der Waals surface area contributed by atoms with E-state index in [1.807, 2.05) is 14.0 Å². The van der Waals surface area contributed by atoms with Crippen LogP contribution in [0.5, 0.6) is 0 Å². The quantitative estimate of drug-likeness (QED) is 0.530. The Hall–Kier alpha value is -0.120. The normalized spacial score (nSPS) is 14.1. The van der Waals surface area contributed by atoms with Crippen molar-refractivity contribution in [3.63, 3.8) is 0 Å². The summed E-state index contributed by atoms with van der Waals surface area (Å²) in [6.45, 7) is 6.54. The SMILES string of the molecule is CCNC(O)CN(C)CC. The Bertz CT molecular complexity index is 78.0. The molecule has 3 nitrogen and oxygen atoms in total. The number of rotatable bonds is 5. The van der Waals surface area contributed by atoms with E-state index in [0.29, 0.717) is 6.54 Å². The van der Waals surface area contributed by atoms with E-state index < -0.39 is 0 Å². The highest BCUT2D eigenvalue weighted by molar-refractivity contribution is 4.55. The van der Waals surface area contributed by atoms with Crippen LogP contribution in [-0.2, 0) is 0 Å². The van der Waals surface area contributed by atoms with E-state index in [9.17, 15) is 5.11 Å². The minimum absolute atomic E-state index is 0.380. The van der Waals surface area contributed by atoms with Crippen LogP contribution in [0.4, 0.5) is 0 Å². The molecule has 62 valence electrons. The highest BCUT2D eigenvalue weighted by Gasteiger charge is 2.02. The van der Waals surface area contributed by atoms with Gasteiger partial charge in [0.15, 0.2) is 0 Å². The van der Waals surface area contributed by atoms with Crippen molar-refractivity contribution in [1.29, 1.82) is 0 Å². The van der Waals surface area contributed by atoms with Crippen LogP contribution < -0.4 is 5.32 Å². The summed E-state index contributed by atoms with van der Waals surface area (Å²) >= 11 is 0. The van der Waals surface area contributed by atoms with Crippen LogP contribution in [0.2, 0.25) is 0 Å². The molecule has 0 aromatic heterocycles. The van der Waals surface area contributed by atoms with Gasteiger partial charge in [-0.3, -0.25) is 5.32 Å². The van der Waals surface area contributed by atoms with E-state index in [-0.39, 0.29) is 6.23 Å². The zero-order chi connectivity index (χ0) is 7.98. The summed E-state index contributed by atoms with van der Waals surface area (Å²) in [5.41, 5.74) is 0. The molecule has 0 amide bonds. The summed E-state index contributed by atoms with van der Waals surface area (Å²) in [4.78, 5) is 2.06. The summed E-state index contributed by atoms with van der Waals surface area (Å²) in [7, 11) is 1.99. The van der Waals surface area contributed by atoms with Crippen LogP contribution in [0.25, 0.3) is 0 Å². The van der Waals surface area contributed by atoms with Gasteiger partial charge in [0.1, 0.15) is 6.23 Å². The highest BCUT2D eigenvalue weighted by Crippen LogP contribution is 1.83. The van der Waals surface area contributed by atoms with Gasteiger partial charge in [0.2, 0.25) is 0 Å². The molecule has 0 radical (unpaired) electrons. The summed E-state index contributed by atoms with van der Waals surface area (Å²) in [6.07, 6.45) is -0.380. The Kier molecular flexibility index (Phi) is 5.58. The average molecular weight is 146 g/mol. The van der Waals surface area contributed by atoms with Crippen LogP contribution in [0.3, 0.4) is 0 Å². The fourth-order valence-electron chi connectivity index (χ4n) is 0.724. The van der Waals surface area contributed by atoms with E-state index in [4.69, 9.17) is 0 Å². The molecule has 10 heavy (non-hydrogen) atoms. The average Bonchev–Trinajstić information content (AvgIpc) is 1.88. The number of hydrogen-bond acceptors (Lipinski definition) is 3. The van der Waals surface area contributed by atoms with Crippen LogP contribution >= 0.6 is 0 Å². The van der Waals surface area contributed by atoms with Crippen molar-refractivity contribution in [3.05, 3.63) is 0 Å². The lowest BCUT2D eigenvalue weighted by Crippen LogP contribution is -2.39. The second-order valence-electron chi connectivity index (χ2n) is 2.43. The first-order chi connectivity index (χ1) is 4.70. The topological polar surface area (TPSA) is 35.5 Å². The third-order valence-electron chi connectivity index (χ3n) is 1.46. The summed E-state index contributed by atoms with van der Waals surface area (Å²) in [5.74, 6) is 0. The Morgan fingerprint density at radius 1 is 1.50 bits per heavy atom.